The van der Waals surface area contributed by atoms with Gasteiger partial charge in [0.15, 0.2) is 0 Å². The van der Waals surface area contributed by atoms with Gasteiger partial charge in [-0.15, -0.1) is 11.6 Å². The normalized spacial score (nSPS) is 12.2. The third-order valence-corrected chi connectivity index (χ3v) is 2.42. The van der Waals surface area contributed by atoms with Gasteiger partial charge in [0.1, 0.15) is 5.75 Å². The molecule has 1 aromatic rings. The molecule has 1 aromatic carbocycles. The van der Waals surface area contributed by atoms with E-state index in [9.17, 15) is 8.76 Å². The fraction of sp³-hybridized carbons (Fsp3) is 0.333. The molecule has 0 aliphatic rings. The van der Waals surface area contributed by atoms with Gasteiger partial charge in [-0.05, 0) is 24.1 Å². The van der Waals surface area contributed by atoms with Crippen molar-refractivity contribution in [3.63, 3.8) is 0 Å². The Balaban J connectivity index is 2.96. The largest absolute Gasteiger partial charge is 0.755 e. The Bertz CT molecular complexity index is 359. The Morgan fingerprint density at radius 2 is 2.33 bits per heavy atom. The number of nitrogens with one attached hydrogen (secondary N) is 1. The van der Waals surface area contributed by atoms with E-state index < -0.39 is 11.3 Å². The number of aryl methyl sites for hydroxylation is 1. The minimum atomic E-state index is -2.35. The number of anilines is 1. The number of alkyl halides is 1. The van der Waals surface area contributed by atoms with Gasteiger partial charge >= 0.3 is 0 Å². The first-order valence-electron chi connectivity index (χ1n) is 4.26. The lowest BCUT2D eigenvalue weighted by Gasteiger charge is -2.13. The zero-order valence-corrected chi connectivity index (χ0v) is 9.73. The van der Waals surface area contributed by atoms with Gasteiger partial charge in [-0.2, -0.15) is 0 Å². The van der Waals surface area contributed by atoms with Crippen molar-refractivity contribution < 1.29 is 13.5 Å². The number of benzene rings is 1. The molecule has 1 unspecified atom stereocenters. The monoisotopic (exact) mass is 248 g/mol. The molecular weight excluding hydrogens is 238 g/mol. The summed E-state index contributed by atoms with van der Waals surface area (Å²) in [6, 6.07) is 5.26. The smallest absolute Gasteiger partial charge is 0.142 e. The SMILES string of the molecule is COc1ccc(CCCl)cc1NS(=O)[O-]. The van der Waals surface area contributed by atoms with Crippen LogP contribution in [0.4, 0.5) is 5.69 Å². The highest BCUT2D eigenvalue weighted by atomic mass is 35.5. The average molecular weight is 249 g/mol. The summed E-state index contributed by atoms with van der Waals surface area (Å²) in [5.74, 6) is 0.976. The van der Waals surface area contributed by atoms with E-state index >= 15 is 0 Å². The van der Waals surface area contributed by atoms with Crippen LogP contribution in [-0.2, 0) is 17.7 Å². The van der Waals surface area contributed by atoms with Gasteiger partial charge in [0, 0.05) is 17.1 Å². The molecule has 4 nitrogen and oxygen atoms in total. The average Bonchev–Trinajstić information content (AvgIpc) is 2.18. The van der Waals surface area contributed by atoms with Gasteiger partial charge in [0.05, 0.1) is 12.8 Å². The highest BCUT2D eigenvalue weighted by Crippen LogP contribution is 2.25. The third-order valence-electron chi connectivity index (χ3n) is 1.84. The lowest BCUT2D eigenvalue weighted by atomic mass is 10.1. The van der Waals surface area contributed by atoms with Crippen LogP contribution in [0.5, 0.6) is 5.75 Å². The minimum absolute atomic E-state index is 0.424. The number of halogens is 1. The van der Waals surface area contributed by atoms with E-state index in [4.69, 9.17) is 16.3 Å². The standard InChI is InChI=1S/C9H12ClNO3S/c1-14-9-3-2-7(4-5-10)6-8(9)11-15(12)13/h2-3,6,11H,4-5H2,1H3,(H,12,13)/p-1. The molecule has 0 aliphatic carbocycles. The van der Waals surface area contributed by atoms with E-state index in [1.165, 1.54) is 7.11 Å². The number of methoxy groups -OCH3 is 1. The van der Waals surface area contributed by atoms with Crippen LogP contribution in [0.2, 0.25) is 0 Å². The maximum absolute atomic E-state index is 10.5. The molecule has 0 aliphatic heterocycles. The van der Waals surface area contributed by atoms with Crippen LogP contribution in [0, 0.1) is 0 Å². The van der Waals surface area contributed by atoms with Crippen molar-refractivity contribution in [3.05, 3.63) is 23.8 Å². The van der Waals surface area contributed by atoms with E-state index in [1.54, 1.807) is 12.1 Å². The first-order chi connectivity index (χ1) is 7.17. The van der Waals surface area contributed by atoms with Gasteiger partial charge in [-0.3, -0.25) is 4.21 Å². The second-order valence-electron chi connectivity index (χ2n) is 2.81. The van der Waals surface area contributed by atoms with Crippen molar-refractivity contribution in [2.45, 2.75) is 6.42 Å². The van der Waals surface area contributed by atoms with Crippen molar-refractivity contribution in [2.24, 2.45) is 0 Å². The molecule has 0 bridgehead atoms. The third kappa shape index (κ3) is 3.70. The predicted octanol–water partition coefficient (Wildman–Crippen LogP) is 1.68. The lowest BCUT2D eigenvalue weighted by Crippen LogP contribution is -2.04. The van der Waals surface area contributed by atoms with Crippen molar-refractivity contribution in [1.29, 1.82) is 0 Å². The number of hydrogen-bond acceptors (Lipinski definition) is 3. The predicted molar refractivity (Wildman–Crippen MR) is 60.0 cm³/mol. The molecule has 6 heteroatoms. The summed E-state index contributed by atoms with van der Waals surface area (Å²) in [6.45, 7) is 0. The molecule has 0 fully saturated rings. The molecule has 0 saturated carbocycles. The Morgan fingerprint density at radius 1 is 1.60 bits per heavy atom. The van der Waals surface area contributed by atoms with Gasteiger partial charge in [-0.25, -0.2) is 0 Å². The first kappa shape index (κ1) is 12.3. The summed E-state index contributed by atoms with van der Waals surface area (Å²) >= 11 is 3.24. The molecule has 0 heterocycles. The quantitative estimate of drug-likeness (QED) is 0.637. The second kappa shape index (κ2) is 5.95. The Morgan fingerprint density at radius 3 is 2.87 bits per heavy atom. The molecule has 0 spiro atoms. The summed E-state index contributed by atoms with van der Waals surface area (Å²) in [4.78, 5) is 0. The van der Waals surface area contributed by atoms with Crippen molar-refractivity contribution >= 4 is 28.6 Å². The molecule has 0 saturated heterocycles. The van der Waals surface area contributed by atoms with Gasteiger partial charge in [0.2, 0.25) is 0 Å². The molecular formula is C9H11ClNO3S-. The molecule has 0 amide bonds. The lowest BCUT2D eigenvalue weighted by molar-refractivity contribution is 0.416. The van der Waals surface area contributed by atoms with Crippen LogP contribution in [0.3, 0.4) is 0 Å². The molecule has 1 rings (SSSR count). The van der Waals surface area contributed by atoms with E-state index in [0.29, 0.717) is 23.7 Å². The Kier molecular flexibility index (Phi) is 4.87. The summed E-state index contributed by atoms with van der Waals surface area (Å²) < 4.78 is 28.3. The van der Waals surface area contributed by atoms with Crippen LogP contribution < -0.4 is 9.46 Å². The van der Waals surface area contributed by atoms with Gasteiger partial charge < -0.3 is 14.0 Å². The van der Waals surface area contributed by atoms with Crippen LogP contribution >= 0.6 is 11.6 Å². The van der Waals surface area contributed by atoms with Crippen LogP contribution in [0.25, 0.3) is 0 Å². The highest BCUT2D eigenvalue weighted by Gasteiger charge is 2.03. The van der Waals surface area contributed by atoms with Crippen molar-refractivity contribution in [1.82, 2.24) is 0 Å². The molecule has 0 radical (unpaired) electrons. The van der Waals surface area contributed by atoms with Gasteiger partial charge in [-0.1, -0.05) is 6.07 Å². The van der Waals surface area contributed by atoms with E-state index in [2.05, 4.69) is 4.72 Å². The van der Waals surface area contributed by atoms with Gasteiger partial charge in [0.25, 0.3) is 0 Å². The molecule has 1 atom stereocenters. The molecule has 1 N–H and O–H groups in total. The topological polar surface area (TPSA) is 61.4 Å². The van der Waals surface area contributed by atoms with Crippen LogP contribution in [0.1, 0.15) is 5.56 Å². The Labute approximate surface area is 96.0 Å². The number of rotatable bonds is 5. The summed E-state index contributed by atoms with van der Waals surface area (Å²) in [6.07, 6.45) is 0.686. The maximum Gasteiger partial charge on any atom is 0.142 e. The first-order valence-corrected chi connectivity index (χ1v) is 5.87. The summed E-state index contributed by atoms with van der Waals surface area (Å²) in [5.41, 5.74) is 1.38. The molecule has 0 aromatic heterocycles. The minimum Gasteiger partial charge on any atom is -0.755 e. The zero-order valence-electron chi connectivity index (χ0n) is 8.16. The van der Waals surface area contributed by atoms with Crippen molar-refractivity contribution in [3.8, 4) is 5.75 Å². The summed E-state index contributed by atoms with van der Waals surface area (Å²) in [5, 5.41) is 0. The number of ether oxygens (including phenoxy) is 1. The maximum atomic E-state index is 10.5. The highest BCUT2D eigenvalue weighted by molar-refractivity contribution is 7.80. The van der Waals surface area contributed by atoms with E-state index in [1.807, 2.05) is 6.07 Å². The van der Waals surface area contributed by atoms with E-state index in [0.717, 1.165) is 5.56 Å². The Hall–Kier alpha value is -0.780. The molecule has 84 valence electrons. The number of hydrogen-bond donors (Lipinski definition) is 1. The van der Waals surface area contributed by atoms with Crippen LogP contribution in [0.15, 0.2) is 18.2 Å². The second-order valence-corrected chi connectivity index (χ2v) is 3.86. The van der Waals surface area contributed by atoms with E-state index in [-0.39, 0.29) is 0 Å². The summed E-state index contributed by atoms with van der Waals surface area (Å²) in [7, 11) is 1.48. The fourth-order valence-electron chi connectivity index (χ4n) is 1.19. The fourth-order valence-corrected chi connectivity index (χ4v) is 1.75. The van der Waals surface area contributed by atoms with Crippen molar-refractivity contribution in [2.75, 3.05) is 17.7 Å². The zero-order chi connectivity index (χ0) is 11.3. The van der Waals surface area contributed by atoms with Crippen LogP contribution in [-0.4, -0.2) is 21.8 Å². The molecule has 15 heavy (non-hydrogen) atoms.